The molecule has 0 spiro atoms. The Morgan fingerprint density at radius 1 is 1.26 bits per heavy atom. The van der Waals surface area contributed by atoms with Crippen LogP contribution in [0.1, 0.15) is 28.4 Å². The predicted molar refractivity (Wildman–Crippen MR) is 82.2 cm³/mol. The molecule has 0 saturated carbocycles. The van der Waals surface area contributed by atoms with Gasteiger partial charge in [0, 0.05) is 18.5 Å². The van der Waals surface area contributed by atoms with Crippen molar-refractivity contribution in [1.82, 2.24) is 24.8 Å². The van der Waals surface area contributed by atoms with E-state index in [9.17, 15) is 13.2 Å². The molecule has 23 heavy (non-hydrogen) atoms. The van der Waals surface area contributed by atoms with Crippen molar-refractivity contribution in [2.24, 2.45) is 0 Å². The van der Waals surface area contributed by atoms with E-state index in [1.807, 2.05) is 4.57 Å². The van der Waals surface area contributed by atoms with Gasteiger partial charge in [-0.15, -0.1) is 10.2 Å². The molecule has 2 aromatic rings. The number of carbonyl (C=O) groups excluding carboxylic acids is 1. The number of benzene rings is 1. The first kappa shape index (κ1) is 15.6. The molecule has 0 aliphatic carbocycles. The van der Waals surface area contributed by atoms with Crippen LogP contribution in [0.4, 0.5) is 0 Å². The van der Waals surface area contributed by atoms with Crippen LogP contribution in [-0.4, -0.2) is 36.1 Å². The second-order valence-electron chi connectivity index (χ2n) is 5.20. The Morgan fingerprint density at radius 3 is 2.70 bits per heavy atom. The maximum absolute atomic E-state index is 12.1. The number of aromatic nitrogens is 3. The first-order chi connectivity index (χ1) is 11.0. The Labute approximate surface area is 134 Å². The summed E-state index contributed by atoms with van der Waals surface area (Å²) in [5.41, 5.74) is 0.390. The first-order valence-corrected chi connectivity index (χ1v) is 8.72. The molecule has 0 radical (unpaired) electrons. The van der Waals surface area contributed by atoms with E-state index in [4.69, 9.17) is 0 Å². The van der Waals surface area contributed by atoms with Crippen LogP contribution in [0, 0.1) is 0 Å². The lowest BCUT2D eigenvalue weighted by Gasteiger charge is -2.07. The molecule has 0 fully saturated rings. The van der Waals surface area contributed by atoms with Gasteiger partial charge in [-0.2, -0.15) is 0 Å². The first-order valence-electron chi connectivity index (χ1n) is 7.24. The molecule has 8 nitrogen and oxygen atoms in total. The molecule has 0 atom stereocenters. The third kappa shape index (κ3) is 3.10. The van der Waals surface area contributed by atoms with Gasteiger partial charge in [-0.05, 0) is 37.7 Å². The molecule has 122 valence electrons. The van der Waals surface area contributed by atoms with Gasteiger partial charge in [-0.3, -0.25) is 4.79 Å². The Kier molecular flexibility index (Phi) is 4.14. The van der Waals surface area contributed by atoms with Crippen molar-refractivity contribution >= 4 is 15.9 Å². The van der Waals surface area contributed by atoms with E-state index in [1.165, 1.54) is 31.3 Å². The van der Waals surface area contributed by atoms with Gasteiger partial charge in [0.05, 0.1) is 11.4 Å². The molecule has 1 amide bonds. The van der Waals surface area contributed by atoms with Gasteiger partial charge in [0.2, 0.25) is 10.0 Å². The minimum absolute atomic E-state index is 0.117. The van der Waals surface area contributed by atoms with Crippen molar-refractivity contribution < 1.29 is 13.2 Å². The van der Waals surface area contributed by atoms with Crippen molar-refractivity contribution in [3.63, 3.8) is 0 Å². The zero-order valence-corrected chi connectivity index (χ0v) is 13.4. The number of carbonyl (C=O) groups is 1. The number of hydrogen-bond donors (Lipinski definition) is 2. The van der Waals surface area contributed by atoms with Crippen molar-refractivity contribution in [2.45, 2.75) is 30.8 Å². The second-order valence-corrected chi connectivity index (χ2v) is 7.09. The van der Waals surface area contributed by atoms with Crippen LogP contribution < -0.4 is 10.0 Å². The molecular formula is C14H17N5O3S. The van der Waals surface area contributed by atoms with E-state index in [2.05, 4.69) is 20.2 Å². The van der Waals surface area contributed by atoms with Crippen molar-refractivity contribution in [1.29, 1.82) is 0 Å². The number of hydrogen-bond acceptors (Lipinski definition) is 5. The fourth-order valence-corrected chi connectivity index (χ4v) is 3.24. The smallest absolute Gasteiger partial charge is 0.251 e. The highest BCUT2D eigenvalue weighted by molar-refractivity contribution is 7.89. The van der Waals surface area contributed by atoms with Crippen molar-refractivity contribution in [3.05, 3.63) is 41.5 Å². The summed E-state index contributed by atoms with van der Waals surface area (Å²) in [6.45, 7) is 1.17. The van der Waals surface area contributed by atoms with Crippen LogP contribution in [0.3, 0.4) is 0 Å². The largest absolute Gasteiger partial charge is 0.345 e. The van der Waals surface area contributed by atoms with Gasteiger partial charge in [-0.1, -0.05) is 0 Å². The maximum Gasteiger partial charge on any atom is 0.251 e. The number of nitrogens with one attached hydrogen (secondary N) is 2. The molecule has 9 heteroatoms. The minimum Gasteiger partial charge on any atom is -0.345 e. The molecule has 2 N–H and O–H groups in total. The average Bonchev–Trinajstić information content (AvgIpc) is 3.16. The van der Waals surface area contributed by atoms with Gasteiger partial charge < -0.3 is 9.88 Å². The van der Waals surface area contributed by atoms with Gasteiger partial charge in [0.1, 0.15) is 5.82 Å². The van der Waals surface area contributed by atoms with E-state index in [0.717, 1.165) is 31.0 Å². The normalized spacial score (nSPS) is 13.8. The molecule has 3 rings (SSSR count). The summed E-state index contributed by atoms with van der Waals surface area (Å²) in [5, 5.41) is 10.9. The van der Waals surface area contributed by atoms with Crippen LogP contribution in [0.2, 0.25) is 0 Å². The van der Waals surface area contributed by atoms with E-state index >= 15 is 0 Å². The molecule has 0 bridgehead atoms. The lowest BCUT2D eigenvalue weighted by molar-refractivity contribution is 0.0949. The molecule has 1 aliphatic heterocycles. The monoisotopic (exact) mass is 335 g/mol. The quantitative estimate of drug-likeness (QED) is 0.804. The van der Waals surface area contributed by atoms with Crippen molar-refractivity contribution in [3.8, 4) is 0 Å². The Morgan fingerprint density at radius 2 is 2.00 bits per heavy atom. The number of fused-ring (bicyclic) bond motifs is 1. The lowest BCUT2D eigenvalue weighted by atomic mass is 10.2. The maximum atomic E-state index is 12.1. The molecular weight excluding hydrogens is 318 g/mol. The fourth-order valence-electron chi connectivity index (χ4n) is 2.51. The van der Waals surface area contributed by atoms with Gasteiger partial charge >= 0.3 is 0 Å². The molecule has 1 aliphatic rings. The van der Waals surface area contributed by atoms with E-state index < -0.39 is 10.0 Å². The summed E-state index contributed by atoms with van der Waals surface area (Å²) in [5.74, 6) is 1.41. The molecule has 1 aromatic carbocycles. The second kappa shape index (κ2) is 6.09. The average molecular weight is 335 g/mol. The Balaban J connectivity index is 1.66. The van der Waals surface area contributed by atoms with Crippen LogP contribution in [0.15, 0.2) is 29.2 Å². The van der Waals surface area contributed by atoms with Gasteiger partial charge in [0.25, 0.3) is 5.91 Å². The Hall–Kier alpha value is -2.26. The fraction of sp³-hybridized carbons (Fsp3) is 0.357. The van der Waals surface area contributed by atoms with E-state index in [0.29, 0.717) is 12.1 Å². The topological polar surface area (TPSA) is 106 Å². The molecule has 0 unspecified atom stereocenters. The SMILES string of the molecule is CNS(=O)(=O)c1ccc(C(=O)NCc2nnc3n2CCC3)cc1. The number of sulfonamides is 1. The van der Waals surface area contributed by atoms with Crippen LogP contribution in [0.25, 0.3) is 0 Å². The highest BCUT2D eigenvalue weighted by atomic mass is 32.2. The highest BCUT2D eigenvalue weighted by Crippen LogP contribution is 2.14. The van der Waals surface area contributed by atoms with Gasteiger partial charge in [-0.25, -0.2) is 13.1 Å². The highest BCUT2D eigenvalue weighted by Gasteiger charge is 2.18. The summed E-state index contributed by atoms with van der Waals surface area (Å²) in [7, 11) is -2.16. The molecule has 2 heterocycles. The van der Waals surface area contributed by atoms with Crippen LogP contribution in [-0.2, 0) is 29.5 Å². The zero-order chi connectivity index (χ0) is 16.4. The molecule has 1 aromatic heterocycles. The number of rotatable bonds is 5. The number of amides is 1. The van der Waals surface area contributed by atoms with Crippen LogP contribution in [0.5, 0.6) is 0 Å². The zero-order valence-electron chi connectivity index (χ0n) is 12.6. The lowest BCUT2D eigenvalue weighted by Crippen LogP contribution is -2.25. The summed E-state index contributed by atoms with van der Waals surface area (Å²) in [4.78, 5) is 12.3. The predicted octanol–water partition coefficient (Wildman–Crippen LogP) is 0.0624. The van der Waals surface area contributed by atoms with Gasteiger partial charge in [0.15, 0.2) is 5.82 Å². The summed E-state index contributed by atoms with van der Waals surface area (Å²) < 4.78 is 27.5. The van der Waals surface area contributed by atoms with Crippen LogP contribution >= 0.6 is 0 Å². The standard InChI is InChI=1S/C14H17N5O3S/c1-15-23(21,22)11-6-4-10(5-7-11)14(20)16-9-13-18-17-12-3-2-8-19(12)13/h4-7,15H,2-3,8-9H2,1H3,(H,16,20). The number of aryl methyl sites for hydroxylation is 1. The summed E-state index contributed by atoms with van der Waals surface area (Å²) in [6.07, 6.45) is 1.97. The number of nitrogens with zero attached hydrogens (tertiary/aromatic N) is 3. The summed E-state index contributed by atoms with van der Waals surface area (Å²) >= 11 is 0. The Bertz CT molecular complexity index is 827. The third-order valence-corrected chi connectivity index (χ3v) is 5.22. The van der Waals surface area contributed by atoms with Crippen molar-refractivity contribution in [2.75, 3.05) is 7.05 Å². The summed E-state index contributed by atoms with van der Waals surface area (Å²) in [6, 6.07) is 5.76. The van der Waals surface area contributed by atoms with E-state index in [1.54, 1.807) is 0 Å². The minimum atomic E-state index is -3.50. The van der Waals surface area contributed by atoms with E-state index in [-0.39, 0.29) is 10.8 Å². The molecule has 0 saturated heterocycles. The third-order valence-electron chi connectivity index (χ3n) is 3.79.